The van der Waals surface area contributed by atoms with Gasteiger partial charge in [-0.25, -0.2) is 19.3 Å². The molecule has 25 heavy (non-hydrogen) atoms. The molecule has 3 rings (SSSR count). The molecule has 0 radical (unpaired) electrons. The molecule has 3 heterocycles. The van der Waals surface area contributed by atoms with Crippen LogP contribution in [0, 0.1) is 5.82 Å². The number of halogens is 1. The summed E-state index contributed by atoms with van der Waals surface area (Å²) in [7, 11) is 1.64. The lowest BCUT2D eigenvalue weighted by atomic mass is 9.92. The zero-order valence-electron chi connectivity index (χ0n) is 14.0. The summed E-state index contributed by atoms with van der Waals surface area (Å²) in [6.45, 7) is 1.23. The van der Waals surface area contributed by atoms with E-state index in [0.29, 0.717) is 18.8 Å². The number of pyridine rings is 1. The molecule has 1 N–H and O–H groups in total. The number of likely N-dealkylation sites (N-methyl/N-ethyl adjacent to an activating group) is 1. The summed E-state index contributed by atoms with van der Waals surface area (Å²) in [6.07, 6.45) is 5.31. The van der Waals surface area contributed by atoms with Crippen LogP contribution in [0.4, 0.5) is 10.2 Å². The third kappa shape index (κ3) is 4.08. The van der Waals surface area contributed by atoms with Gasteiger partial charge in [-0.05, 0) is 31.0 Å². The molecule has 132 valence electrons. The Hall–Kier alpha value is -2.61. The van der Waals surface area contributed by atoms with Crippen molar-refractivity contribution >= 4 is 11.7 Å². The molecule has 8 heteroatoms. The number of amides is 1. The number of anilines is 1. The molecular weight excluding hydrogens is 325 g/mol. The highest BCUT2D eigenvalue weighted by atomic mass is 19.1. The molecule has 1 unspecified atom stereocenters. The lowest BCUT2D eigenvalue weighted by molar-refractivity contribution is -0.000283. The Kier molecular flexibility index (Phi) is 4.89. The van der Waals surface area contributed by atoms with Gasteiger partial charge in [-0.15, -0.1) is 0 Å². The third-order valence-electron chi connectivity index (χ3n) is 4.27. The van der Waals surface area contributed by atoms with Gasteiger partial charge in [0.1, 0.15) is 23.7 Å². The molecule has 2 aromatic heterocycles. The first-order valence-corrected chi connectivity index (χ1v) is 8.07. The first kappa shape index (κ1) is 17.2. The highest BCUT2D eigenvalue weighted by molar-refractivity contribution is 5.92. The lowest BCUT2D eigenvalue weighted by Crippen LogP contribution is -2.55. The van der Waals surface area contributed by atoms with Crippen LogP contribution in [0.15, 0.2) is 36.9 Å². The average molecular weight is 345 g/mol. The molecule has 1 aliphatic rings. The first-order valence-electron chi connectivity index (χ1n) is 8.07. The van der Waals surface area contributed by atoms with Gasteiger partial charge in [0, 0.05) is 26.3 Å². The van der Waals surface area contributed by atoms with Crippen LogP contribution in [0.5, 0.6) is 0 Å². The van der Waals surface area contributed by atoms with Gasteiger partial charge in [0.2, 0.25) is 0 Å². The molecule has 1 aliphatic heterocycles. The number of aromatic nitrogens is 3. The van der Waals surface area contributed by atoms with E-state index in [9.17, 15) is 14.3 Å². The second-order valence-electron chi connectivity index (χ2n) is 6.34. The maximum Gasteiger partial charge on any atom is 0.272 e. The Morgan fingerprint density at radius 1 is 1.40 bits per heavy atom. The molecule has 1 atom stereocenters. The molecule has 2 aromatic rings. The van der Waals surface area contributed by atoms with E-state index in [-0.39, 0.29) is 18.1 Å². The number of carbonyl (C=O) groups is 1. The molecule has 7 nitrogen and oxygen atoms in total. The van der Waals surface area contributed by atoms with Crippen LogP contribution in [-0.4, -0.2) is 63.1 Å². The van der Waals surface area contributed by atoms with Gasteiger partial charge < -0.3 is 14.9 Å². The number of hydrogen-bond donors (Lipinski definition) is 1. The molecule has 0 saturated carbocycles. The summed E-state index contributed by atoms with van der Waals surface area (Å²) >= 11 is 0. The van der Waals surface area contributed by atoms with Gasteiger partial charge in [0.15, 0.2) is 0 Å². The van der Waals surface area contributed by atoms with E-state index >= 15 is 0 Å². The monoisotopic (exact) mass is 345 g/mol. The standard InChI is InChI=1S/C17H20FN5O2/c1-22(16(24)14-5-7-19-12-21-14)10-17(25)6-2-8-23(11-17)15-4-3-13(18)9-20-15/h3-5,7,9,12,25H,2,6,8,10-11H2,1H3. The highest BCUT2D eigenvalue weighted by Gasteiger charge is 2.36. The summed E-state index contributed by atoms with van der Waals surface area (Å²) < 4.78 is 13.0. The van der Waals surface area contributed by atoms with E-state index in [1.54, 1.807) is 19.2 Å². The molecule has 1 amide bonds. The first-order chi connectivity index (χ1) is 12.0. The van der Waals surface area contributed by atoms with E-state index < -0.39 is 11.4 Å². The number of hydrogen-bond acceptors (Lipinski definition) is 6. The van der Waals surface area contributed by atoms with Gasteiger partial charge in [0.05, 0.1) is 18.3 Å². The highest BCUT2D eigenvalue weighted by Crippen LogP contribution is 2.26. The molecule has 0 aliphatic carbocycles. The minimum atomic E-state index is -1.06. The predicted molar refractivity (Wildman–Crippen MR) is 89.6 cm³/mol. The molecule has 0 bridgehead atoms. The van der Waals surface area contributed by atoms with Crippen molar-refractivity contribution in [2.75, 3.05) is 31.6 Å². The normalized spacial score (nSPS) is 20.4. The fourth-order valence-corrected chi connectivity index (χ4v) is 3.12. The predicted octanol–water partition coefficient (Wildman–Crippen LogP) is 1.11. The van der Waals surface area contributed by atoms with Crippen molar-refractivity contribution in [1.29, 1.82) is 0 Å². The van der Waals surface area contributed by atoms with E-state index in [1.165, 1.54) is 23.5 Å². The van der Waals surface area contributed by atoms with Gasteiger partial charge >= 0.3 is 0 Å². The minimum Gasteiger partial charge on any atom is -0.386 e. The van der Waals surface area contributed by atoms with Crippen LogP contribution in [0.1, 0.15) is 23.3 Å². The van der Waals surface area contributed by atoms with Crippen LogP contribution in [0.2, 0.25) is 0 Å². The lowest BCUT2D eigenvalue weighted by Gasteiger charge is -2.41. The number of carbonyl (C=O) groups excluding carboxylic acids is 1. The van der Waals surface area contributed by atoms with Crippen LogP contribution in [0.3, 0.4) is 0 Å². The van der Waals surface area contributed by atoms with Crippen molar-refractivity contribution in [3.05, 3.63) is 48.4 Å². The van der Waals surface area contributed by atoms with Gasteiger partial charge in [-0.1, -0.05) is 0 Å². The van der Waals surface area contributed by atoms with E-state index in [4.69, 9.17) is 0 Å². The smallest absolute Gasteiger partial charge is 0.272 e. The largest absolute Gasteiger partial charge is 0.386 e. The van der Waals surface area contributed by atoms with E-state index in [1.807, 2.05) is 4.90 Å². The van der Waals surface area contributed by atoms with Gasteiger partial charge in [-0.3, -0.25) is 4.79 Å². The SMILES string of the molecule is CN(CC1(O)CCCN(c2ccc(F)cn2)C1)C(=O)c1ccncn1. The molecule has 0 aromatic carbocycles. The number of nitrogens with zero attached hydrogens (tertiary/aromatic N) is 5. The fraction of sp³-hybridized carbons (Fsp3) is 0.412. The van der Waals surface area contributed by atoms with E-state index in [2.05, 4.69) is 15.0 Å². The number of β-amino-alcohol motifs (C(OH)–C–C–N with tert-alkyl or cyclic N) is 1. The van der Waals surface area contributed by atoms with Crippen LogP contribution in [0.25, 0.3) is 0 Å². The Labute approximate surface area is 145 Å². The van der Waals surface area contributed by atoms with Crippen molar-refractivity contribution in [3.63, 3.8) is 0 Å². The van der Waals surface area contributed by atoms with Crippen LogP contribution < -0.4 is 4.90 Å². The fourth-order valence-electron chi connectivity index (χ4n) is 3.12. The number of piperidine rings is 1. The second-order valence-corrected chi connectivity index (χ2v) is 6.34. The quantitative estimate of drug-likeness (QED) is 0.894. The van der Waals surface area contributed by atoms with Crippen LogP contribution in [-0.2, 0) is 0 Å². The van der Waals surface area contributed by atoms with Crippen molar-refractivity contribution < 1.29 is 14.3 Å². The Morgan fingerprint density at radius 3 is 2.92 bits per heavy atom. The molecule has 1 saturated heterocycles. The van der Waals surface area contributed by atoms with E-state index in [0.717, 1.165) is 19.2 Å². The van der Waals surface area contributed by atoms with Crippen molar-refractivity contribution in [3.8, 4) is 0 Å². The summed E-state index contributed by atoms with van der Waals surface area (Å²) in [5.41, 5.74) is -0.778. The van der Waals surface area contributed by atoms with Crippen molar-refractivity contribution in [2.45, 2.75) is 18.4 Å². The Morgan fingerprint density at radius 2 is 2.24 bits per heavy atom. The average Bonchev–Trinajstić information content (AvgIpc) is 2.62. The van der Waals surface area contributed by atoms with Crippen molar-refractivity contribution in [1.82, 2.24) is 19.9 Å². The van der Waals surface area contributed by atoms with Crippen molar-refractivity contribution in [2.24, 2.45) is 0 Å². The number of aliphatic hydroxyl groups is 1. The Balaban J connectivity index is 1.68. The molecular formula is C17H20FN5O2. The maximum atomic E-state index is 13.0. The van der Waals surface area contributed by atoms with Crippen LogP contribution >= 0.6 is 0 Å². The maximum absolute atomic E-state index is 13.0. The summed E-state index contributed by atoms with van der Waals surface area (Å²) in [4.78, 5) is 27.6. The summed E-state index contributed by atoms with van der Waals surface area (Å²) in [5.74, 6) is -0.0524. The van der Waals surface area contributed by atoms with Gasteiger partial charge in [0.25, 0.3) is 5.91 Å². The topological polar surface area (TPSA) is 82.5 Å². The summed E-state index contributed by atoms with van der Waals surface area (Å²) in [5, 5.41) is 11.0. The zero-order valence-corrected chi connectivity index (χ0v) is 14.0. The minimum absolute atomic E-state index is 0.174. The summed E-state index contributed by atoms with van der Waals surface area (Å²) in [6, 6.07) is 4.48. The number of rotatable bonds is 4. The third-order valence-corrected chi connectivity index (χ3v) is 4.27. The molecule has 1 fully saturated rings. The second kappa shape index (κ2) is 7.10. The zero-order chi connectivity index (χ0) is 17.9. The van der Waals surface area contributed by atoms with Gasteiger partial charge in [-0.2, -0.15) is 0 Å². The molecule has 0 spiro atoms. The Bertz CT molecular complexity index is 728.